The van der Waals surface area contributed by atoms with Crippen LogP contribution in [0, 0.1) is 17.0 Å². The molecule has 0 saturated carbocycles. The van der Waals surface area contributed by atoms with Crippen LogP contribution in [-0.4, -0.2) is 14.7 Å². The molecule has 106 valence electrons. The molecule has 1 aromatic heterocycles. The zero-order valence-corrected chi connectivity index (χ0v) is 12.2. The van der Waals surface area contributed by atoms with Crippen molar-refractivity contribution in [2.24, 2.45) is 7.05 Å². The first-order valence-electron chi connectivity index (χ1n) is 6.09. The van der Waals surface area contributed by atoms with Crippen LogP contribution in [0.1, 0.15) is 24.2 Å². The van der Waals surface area contributed by atoms with Gasteiger partial charge in [0.25, 0.3) is 5.69 Å². The summed E-state index contributed by atoms with van der Waals surface area (Å²) in [6.45, 7) is 3.84. The van der Waals surface area contributed by atoms with Gasteiger partial charge < -0.3 is 5.32 Å². The summed E-state index contributed by atoms with van der Waals surface area (Å²) >= 11 is 5.80. The van der Waals surface area contributed by atoms with Gasteiger partial charge >= 0.3 is 0 Å². The van der Waals surface area contributed by atoms with Gasteiger partial charge in [0.1, 0.15) is 5.69 Å². The van der Waals surface area contributed by atoms with E-state index in [-0.39, 0.29) is 11.7 Å². The molecule has 0 radical (unpaired) electrons. The maximum Gasteiger partial charge on any atom is 0.293 e. The lowest BCUT2D eigenvalue weighted by atomic mass is 10.1. The quantitative estimate of drug-likeness (QED) is 0.692. The van der Waals surface area contributed by atoms with Crippen molar-refractivity contribution in [3.05, 3.63) is 50.8 Å². The summed E-state index contributed by atoms with van der Waals surface area (Å²) in [5.41, 5.74) is 2.29. The normalized spacial score (nSPS) is 12.2. The number of aryl methyl sites for hydroxylation is 2. The van der Waals surface area contributed by atoms with E-state index >= 15 is 0 Å². The van der Waals surface area contributed by atoms with Crippen LogP contribution >= 0.6 is 11.6 Å². The lowest BCUT2D eigenvalue weighted by Crippen LogP contribution is -2.08. The Morgan fingerprint density at radius 2 is 2.20 bits per heavy atom. The highest BCUT2D eigenvalue weighted by atomic mass is 35.5. The van der Waals surface area contributed by atoms with Gasteiger partial charge in [0.05, 0.1) is 16.7 Å². The molecule has 0 spiro atoms. The van der Waals surface area contributed by atoms with Gasteiger partial charge in [-0.1, -0.05) is 11.6 Å². The second kappa shape index (κ2) is 5.50. The van der Waals surface area contributed by atoms with Gasteiger partial charge in [0.15, 0.2) is 0 Å². The van der Waals surface area contributed by atoms with Crippen molar-refractivity contribution < 1.29 is 4.92 Å². The van der Waals surface area contributed by atoms with E-state index in [1.165, 1.54) is 6.07 Å². The van der Waals surface area contributed by atoms with Gasteiger partial charge in [-0.25, -0.2) is 0 Å². The highest BCUT2D eigenvalue weighted by Crippen LogP contribution is 2.31. The average molecular weight is 295 g/mol. The van der Waals surface area contributed by atoms with Crippen molar-refractivity contribution in [2.45, 2.75) is 19.9 Å². The summed E-state index contributed by atoms with van der Waals surface area (Å²) in [5, 5.41) is 18.8. The molecule has 0 amide bonds. The van der Waals surface area contributed by atoms with Gasteiger partial charge in [0.2, 0.25) is 0 Å². The lowest BCUT2D eigenvalue weighted by Gasteiger charge is -2.14. The van der Waals surface area contributed by atoms with Crippen molar-refractivity contribution >= 4 is 23.0 Å². The molecule has 20 heavy (non-hydrogen) atoms. The second-order valence-electron chi connectivity index (χ2n) is 4.63. The first-order valence-corrected chi connectivity index (χ1v) is 6.47. The molecule has 1 heterocycles. The summed E-state index contributed by atoms with van der Waals surface area (Å²) < 4.78 is 1.72. The van der Waals surface area contributed by atoms with Gasteiger partial charge in [-0.3, -0.25) is 14.8 Å². The molecule has 0 aliphatic heterocycles. The van der Waals surface area contributed by atoms with Crippen molar-refractivity contribution in [3.8, 4) is 0 Å². The molecule has 2 aromatic rings. The summed E-state index contributed by atoms with van der Waals surface area (Å²) in [4.78, 5) is 10.6. The summed E-state index contributed by atoms with van der Waals surface area (Å²) in [7, 11) is 1.84. The van der Waals surface area contributed by atoms with Crippen LogP contribution in [-0.2, 0) is 7.05 Å². The molecule has 2 rings (SSSR count). The average Bonchev–Trinajstić information content (AvgIpc) is 2.70. The maximum atomic E-state index is 11.1. The molecule has 0 saturated heterocycles. The minimum atomic E-state index is -0.447. The number of aromatic nitrogens is 2. The molecule has 1 aromatic carbocycles. The number of hydrogen-bond donors (Lipinski definition) is 1. The SMILES string of the molecule is Cc1nn(C)cc1C(C)Nc1ccc(Cl)cc1[N+](=O)[O-]. The molecule has 1 N–H and O–H groups in total. The molecule has 7 heteroatoms. The molecule has 6 nitrogen and oxygen atoms in total. The Kier molecular flexibility index (Phi) is 3.94. The summed E-state index contributed by atoms with van der Waals surface area (Å²) in [6, 6.07) is 4.48. The zero-order valence-electron chi connectivity index (χ0n) is 11.4. The van der Waals surface area contributed by atoms with E-state index in [0.717, 1.165) is 11.3 Å². The van der Waals surface area contributed by atoms with Crippen LogP contribution in [0.2, 0.25) is 5.02 Å². The van der Waals surface area contributed by atoms with E-state index < -0.39 is 4.92 Å². The smallest absolute Gasteiger partial charge is 0.293 e. The minimum Gasteiger partial charge on any atom is -0.373 e. The number of nitro groups is 1. The molecule has 0 aliphatic carbocycles. The van der Waals surface area contributed by atoms with E-state index in [9.17, 15) is 10.1 Å². The fourth-order valence-corrected chi connectivity index (χ4v) is 2.30. The Bertz CT molecular complexity index is 654. The van der Waals surface area contributed by atoms with Gasteiger partial charge in [-0.05, 0) is 26.0 Å². The Morgan fingerprint density at radius 3 is 2.75 bits per heavy atom. The first kappa shape index (κ1) is 14.3. The Morgan fingerprint density at radius 1 is 1.50 bits per heavy atom. The number of hydrogen-bond acceptors (Lipinski definition) is 4. The molecule has 1 atom stereocenters. The first-order chi connectivity index (χ1) is 9.38. The highest BCUT2D eigenvalue weighted by Gasteiger charge is 2.18. The summed E-state index contributed by atoms with van der Waals surface area (Å²) in [5.74, 6) is 0. The highest BCUT2D eigenvalue weighted by molar-refractivity contribution is 6.30. The largest absolute Gasteiger partial charge is 0.373 e. The van der Waals surface area contributed by atoms with Crippen LogP contribution in [0.25, 0.3) is 0 Å². The third kappa shape index (κ3) is 2.91. The van der Waals surface area contributed by atoms with Crippen LogP contribution in [0.15, 0.2) is 24.4 Å². The van der Waals surface area contributed by atoms with E-state index in [1.54, 1.807) is 16.8 Å². The molecule has 0 bridgehead atoms. The van der Waals surface area contributed by atoms with Crippen molar-refractivity contribution in [2.75, 3.05) is 5.32 Å². The third-order valence-corrected chi connectivity index (χ3v) is 3.28. The molecule has 1 unspecified atom stereocenters. The number of anilines is 1. The zero-order chi connectivity index (χ0) is 14.9. The number of halogens is 1. The van der Waals surface area contributed by atoms with Crippen LogP contribution < -0.4 is 5.32 Å². The minimum absolute atomic E-state index is 0.0362. The van der Waals surface area contributed by atoms with E-state index in [0.29, 0.717) is 10.7 Å². The van der Waals surface area contributed by atoms with Gasteiger partial charge in [0, 0.05) is 29.9 Å². The number of nitro benzene ring substituents is 1. The number of rotatable bonds is 4. The van der Waals surface area contributed by atoms with Crippen molar-refractivity contribution in [1.29, 1.82) is 0 Å². The van der Waals surface area contributed by atoms with E-state index in [1.807, 2.05) is 27.1 Å². The molecule has 0 fully saturated rings. The van der Waals surface area contributed by atoms with Crippen LogP contribution in [0.4, 0.5) is 11.4 Å². The van der Waals surface area contributed by atoms with Crippen molar-refractivity contribution in [1.82, 2.24) is 9.78 Å². The molecular formula is C13H15ClN4O2. The fourth-order valence-electron chi connectivity index (χ4n) is 2.13. The Balaban J connectivity index is 2.30. The molecule has 0 aliphatic rings. The monoisotopic (exact) mass is 294 g/mol. The van der Waals surface area contributed by atoms with E-state index in [4.69, 9.17) is 11.6 Å². The number of nitrogens with one attached hydrogen (secondary N) is 1. The fraction of sp³-hybridized carbons (Fsp3) is 0.308. The van der Waals surface area contributed by atoms with E-state index in [2.05, 4.69) is 10.4 Å². The predicted octanol–water partition coefficient (Wildman–Crippen LogP) is 3.46. The predicted molar refractivity (Wildman–Crippen MR) is 78.1 cm³/mol. The topological polar surface area (TPSA) is 73.0 Å². The summed E-state index contributed by atoms with van der Waals surface area (Å²) in [6.07, 6.45) is 1.90. The number of benzene rings is 1. The maximum absolute atomic E-state index is 11.1. The van der Waals surface area contributed by atoms with Crippen molar-refractivity contribution in [3.63, 3.8) is 0 Å². The lowest BCUT2D eigenvalue weighted by molar-refractivity contribution is -0.384. The molecular weight excluding hydrogens is 280 g/mol. The Labute approximate surface area is 121 Å². The van der Waals surface area contributed by atoms with Crippen LogP contribution in [0.5, 0.6) is 0 Å². The third-order valence-electron chi connectivity index (χ3n) is 3.05. The van der Waals surface area contributed by atoms with Gasteiger partial charge in [-0.2, -0.15) is 5.10 Å². The second-order valence-corrected chi connectivity index (χ2v) is 5.06. The number of nitrogens with zero attached hydrogens (tertiary/aromatic N) is 3. The standard InChI is InChI=1S/C13H15ClN4O2/c1-8(11-7-17(3)16-9(11)2)15-12-5-4-10(14)6-13(12)18(19)20/h4-8,15H,1-3H3. The van der Waals surface area contributed by atoms with Crippen LogP contribution in [0.3, 0.4) is 0 Å². The Hall–Kier alpha value is -2.08. The van der Waals surface area contributed by atoms with Gasteiger partial charge in [-0.15, -0.1) is 0 Å².